The predicted octanol–water partition coefficient (Wildman–Crippen LogP) is 4.63. The predicted molar refractivity (Wildman–Crippen MR) is 116 cm³/mol. The smallest absolute Gasteiger partial charge is 0.263 e. The van der Waals surface area contributed by atoms with Crippen molar-refractivity contribution in [2.75, 3.05) is 7.11 Å². The zero-order valence-corrected chi connectivity index (χ0v) is 17.9. The van der Waals surface area contributed by atoms with Gasteiger partial charge >= 0.3 is 0 Å². The van der Waals surface area contributed by atoms with E-state index in [0.29, 0.717) is 33.2 Å². The number of thiophene rings is 1. The van der Waals surface area contributed by atoms with Gasteiger partial charge in [0.1, 0.15) is 10.6 Å². The number of ether oxygens (including phenoxy) is 1. The molecule has 0 saturated heterocycles. The Balaban J connectivity index is 1.97. The van der Waals surface area contributed by atoms with Crippen molar-refractivity contribution in [3.63, 3.8) is 0 Å². The summed E-state index contributed by atoms with van der Waals surface area (Å²) in [5, 5.41) is 0.798. The minimum Gasteiger partial charge on any atom is -0.497 e. The van der Waals surface area contributed by atoms with Crippen LogP contribution in [0.2, 0.25) is 0 Å². The normalized spacial score (nSPS) is 12.1. The number of ketones is 1. The van der Waals surface area contributed by atoms with E-state index in [9.17, 15) is 9.59 Å². The van der Waals surface area contributed by atoms with Crippen molar-refractivity contribution in [2.45, 2.75) is 37.7 Å². The summed E-state index contributed by atoms with van der Waals surface area (Å²) >= 11 is 2.80. The zero-order valence-electron chi connectivity index (χ0n) is 16.3. The van der Waals surface area contributed by atoms with E-state index in [1.54, 1.807) is 42.0 Å². The largest absolute Gasteiger partial charge is 0.497 e. The summed E-state index contributed by atoms with van der Waals surface area (Å²) in [5.41, 5.74) is 1.48. The number of hydrogen-bond acceptors (Lipinski definition) is 6. The number of nitrogens with zero attached hydrogens (tertiary/aromatic N) is 2. The Labute approximate surface area is 172 Å². The molecule has 3 rings (SSSR count). The minimum absolute atomic E-state index is 0.0225. The average Bonchev–Trinajstić information content (AvgIpc) is 2.98. The van der Waals surface area contributed by atoms with Crippen LogP contribution >= 0.6 is 23.1 Å². The first-order valence-electron chi connectivity index (χ1n) is 8.83. The van der Waals surface area contributed by atoms with Gasteiger partial charge < -0.3 is 4.74 Å². The van der Waals surface area contributed by atoms with Gasteiger partial charge in [-0.3, -0.25) is 14.2 Å². The van der Waals surface area contributed by atoms with Crippen LogP contribution in [0.25, 0.3) is 10.2 Å². The number of aromatic nitrogens is 2. The lowest BCUT2D eigenvalue weighted by molar-refractivity contribution is 0.0994. The molecular formula is C21H22N2O3S2. The fourth-order valence-electron chi connectivity index (χ4n) is 2.89. The number of carbonyl (C=O) groups is 1. The second kappa shape index (κ2) is 8.32. The summed E-state index contributed by atoms with van der Waals surface area (Å²) < 4.78 is 6.73. The van der Waals surface area contributed by atoms with E-state index >= 15 is 0 Å². The Morgan fingerprint density at radius 1 is 1.36 bits per heavy atom. The van der Waals surface area contributed by atoms with Crippen molar-refractivity contribution >= 4 is 39.1 Å². The molecule has 0 aliphatic carbocycles. The fourth-order valence-corrected chi connectivity index (χ4v) is 4.96. The van der Waals surface area contributed by atoms with E-state index in [4.69, 9.17) is 9.72 Å². The maximum absolute atomic E-state index is 13.0. The number of thioether (sulfide) groups is 1. The molecule has 0 amide bonds. The highest BCUT2D eigenvalue weighted by Gasteiger charge is 2.22. The highest BCUT2D eigenvalue weighted by atomic mass is 32.2. The number of methoxy groups -OCH3 is 1. The first-order valence-corrected chi connectivity index (χ1v) is 10.5. The standard InChI is InChI=1S/C21H22N2O3S2/c1-6-11-23-20(25)17-12(2)13(3)27-19(17)22-21(23)28-14(4)18(24)15-7-9-16(26-5)10-8-15/h6-10,14H,1,11H2,2-5H3/t14-/m0/s1. The number of fused-ring (bicyclic) bond motifs is 1. The van der Waals surface area contributed by atoms with Crippen LogP contribution in [0.5, 0.6) is 5.75 Å². The molecule has 2 aromatic heterocycles. The molecule has 1 aromatic carbocycles. The highest BCUT2D eigenvalue weighted by molar-refractivity contribution is 8.00. The van der Waals surface area contributed by atoms with Gasteiger partial charge in [-0.2, -0.15) is 0 Å². The maximum atomic E-state index is 13.0. The molecule has 5 nitrogen and oxygen atoms in total. The first kappa shape index (κ1) is 20.4. The van der Waals surface area contributed by atoms with Gasteiger partial charge in [-0.15, -0.1) is 17.9 Å². The van der Waals surface area contributed by atoms with E-state index in [1.807, 2.05) is 20.8 Å². The van der Waals surface area contributed by atoms with Crippen LogP contribution < -0.4 is 10.3 Å². The molecule has 0 aliphatic rings. The average molecular weight is 415 g/mol. The van der Waals surface area contributed by atoms with E-state index in [0.717, 1.165) is 10.4 Å². The van der Waals surface area contributed by atoms with Crippen molar-refractivity contribution in [1.29, 1.82) is 0 Å². The Bertz CT molecular complexity index is 1100. The molecule has 146 valence electrons. The summed E-state index contributed by atoms with van der Waals surface area (Å²) in [6.07, 6.45) is 1.67. The lowest BCUT2D eigenvalue weighted by Crippen LogP contribution is -2.24. The van der Waals surface area contributed by atoms with Crippen molar-refractivity contribution in [3.8, 4) is 5.75 Å². The van der Waals surface area contributed by atoms with Crippen LogP contribution in [0.3, 0.4) is 0 Å². The maximum Gasteiger partial charge on any atom is 0.263 e. The number of carbonyl (C=O) groups excluding carboxylic acids is 1. The molecule has 0 radical (unpaired) electrons. The molecule has 0 saturated carbocycles. The van der Waals surface area contributed by atoms with E-state index in [1.165, 1.54) is 23.1 Å². The highest BCUT2D eigenvalue weighted by Crippen LogP contribution is 2.30. The van der Waals surface area contributed by atoms with E-state index in [-0.39, 0.29) is 11.3 Å². The molecule has 2 heterocycles. The molecular weight excluding hydrogens is 392 g/mol. The topological polar surface area (TPSA) is 61.2 Å². The van der Waals surface area contributed by atoms with Gasteiger partial charge in [0.15, 0.2) is 10.9 Å². The first-order chi connectivity index (χ1) is 13.4. The van der Waals surface area contributed by atoms with Gasteiger partial charge in [0, 0.05) is 17.0 Å². The van der Waals surface area contributed by atoms with Crippen LogP contribution in [0.15, 0.2) is 46.9 Å². The van der Waals surface area contributed by atoms with Gasteiger partial charge in [-0.1, -0.05) is 17.8 Å². The molecule has 0 N–H and O–H groups in total. The van der Waals surface area contributed by atoms with Gasteiger partial charge in [-0.05, 0) is 50.6 Å². The summed E-state index contributed by atoms with van der Waals surface area (Å²) in [4.78, 5) is 32.4. The Kier molecular flexibility index (Phi) is 6.05. The second-order valence-electron chi connectivity index (χ2n) is 6.42. The number of aryl methyl sites for hydroxylation is 2. The number of rotatable bonds is 7. The van der Waals surface area contributed by atoms with E-state index in [2.05, 4.69) is 6.58 Å². The zero-order chi connectivity index (χ0) is 20.4. The molecule has 1 atom stereocenters. The molecule has 3 aromatic rings. The van der Waals surface area contributed by atoms with Crippen molar-refractivity contribution in [1.82, 2.24) is 9.55 Å². The molecule has 0 bridgehead atoms. The van der Waals surface area contributed by atoms with E-state index < -0.39 is 5.25 Å². The minimum atomic E-state index is -0.393. The lowest BCUT2D eigenvalue weighted by Gasteiger charge is -2.14. The quantitative estimate of drug-likeness (QED) is 0.244. The number of benzene rings is 1. The van der Waals surface area contributed by atoms with Gasteiger partial charge in [-0.25, -0.2) is 4.98 Å². The van der Waals surface area contributed by atoms with Gasteiger partial charge in [0.25, 0.3) is 5.56 Å². The Morgan fingerprint density at radius 2 is 2.04 bits per heavy atom. The number of hydrogen-bond donors (Lipinski definition) is 0. The van der Waals surface area contributed by atoms with Crippen molar-refractivity contribution in [3.05, 3.63) is 63.3 Å². The third-order valence-electron chi connectivity index (χ3n) is 4.59. The molecule has 0 fully saturated rings. The van der Waals surface area contributed by atoms with Crippen LogP contribution in [0.4, 0.5) is 0 Å². The molecule has 0 aliphatic heterocycles. The van der Waals surface area contributed by atoms with Gasteiger partial charge in [0.05, 0.1) is 17.7 Å². The number of allylic oxidation sites excluding steroid dienone is 1. The fraction of sp³-hybridized carbons (Fsp3) is 0.286. The van der Waals surface area contributed by atoms with Crippen LogP contribution in [0.1, 0.15) is 27.7 Å². The molecule has 0 spiro atoms. The lowest BCUT2D eigenvalue weighted by atomic mass is 10.1. The molecule has 0 unspecified atom stereocenters. The molecule has 7 heteroatoms. The van der Waals surface area contributed by atoms with Crippen LogP contribution in [-0.4, -0.2) is 27.7 Å². The third kappa shape index (κ3) is 3.77. The van der Waals surface area contributed by atoms with Gasteiger partial charge in [0.2, 0.25) is 0 Å². The van der Waals surface area contributed by atoms with Crippen LogP contribution in [-0.2, 0) is 6.54 Å². The Morgan fingerprint density at radius 3 is 2.64 bits per heavy atom. The summed E-state index contributed by atoms with van der Waals surface area (Å²) in [7, 11) is 1.59. The van der Waals surface area contributed by atoms with Crippen molar-refractivity contribution in [2.24, 2.45) is 0 Å². The number of Topliss-reactive ketones (excluding diaryl/α,β-unsaturated/α-hetero) is 1. The molecule has 28 heavy (non-hydrogen) atoms. The summed E-state index contributed by atoms with van der Waals surface area (Å²) in [6, 6.07) is 7.02. The monoisotopic (exact) mass is 414 g/mol. The van der Waals surface area contributed by atoms with Crippen molar-refractivity contribution < 1.29 is 9.53 Å². The Hall–Kier alpha value is -2.38. The summed E-state index contributed by atoms with van der Waals surface area (Å²) in [6.45, 7) is 9.86. The van der Waals surface area contributed by atoms with Crippen LogP contribution in [0, 0.1) is 13.8 Å². The third-order valence-corrected chi connectivity index (χ3v) is 6.78. The summed E-state index contributed by atoms with van der Waals surface area (Å²) in [5.74, 6) is 0.679. The second-order valence-corrected chi connectivity index (χ2v) is 8.93. The SMILES string of the molecule is C=CCn1c(S[C@@H](C)C(=O)c2ccc(OC)cc2)nc2sc(C)c(C)c2c1=O.